The van der Waals surface area contributed by atoms with Crippen LogP contribution in [0.5, 0.6) is 0 Å². The summed E-state index contributed by atoms with van der Waals surface area (Å²) in [6, 6.07) is 9.90. The molecule has 0 radical (unpaired) electrons. The van der Waals surface area contributed by atoms with E-state index in [2.05, 4.69) is 22.4 Å². The Bertz CT molecular complexity index is 778. The molecule has 3 rings (SSSR count). The largest absolute Gasteiger partial charge is 0.466 e. The van der Waals surface area contributed by atoms with Crippen LogP contribution in [0.3, 0.4) is 0 Å². The predicted molar refractivity (Wildman–Crippen MR) is 102 cm³/mol. The van der Waals surface area contributed by atoms with Gasteiger partial charge in [-0.3, -0.25) is 14.3 Å². The van der Waals surface area contributed by atoms with E-state index in [-0.39, 0.29) is 30.0 Å². The molecule has 1 amide bonds. The molecule has 2 heterocycles. The standard InChI is InChI=1S/C20H26N4O4/c1-2-28-19(25)13-17-15-27-12-11-24(17)20(26)18-14-23(22-21-18)10-6-9-16-7-4-3-5-8-16/h3-5,7-8,14,17H,2,6,9-13,15H2,1H3/t17-/m1/s1. The average Bonchev–Trinajstić information content (AvgIpc) is 3.18. The van der Waals surface area contributed by atoms with E-state index in [0.29, 0.717) is 32.9 Å². The number of ether oxygens (including phenoxy) is 2. The smallest absolute Gasteiger partial charge is 0.307 e. The van der Waals surface area contributed by atoms with Gasteiger partial charge >= 0.3 is 5.97 Å². The number of morpholine rings is 1. The highest BCUT2D eigenvalue weighted by atomic mass is 16.5. The summed E-state index contributed by atoms with van der Waals surface area (Å²) in [5.74, 6) is -0.563. The lowest BCUT2D eigenvalue weighted by Gasteiger charge is -2.34. The summed E-state index contributed by atoms with van der Waals surface area (Å²) in [6.45, 7) is 3.94. The molecule has 1 aromatic carbocycles. The van der Waals surface area contributed by atoms with Gasteiger partial charge in [0.25, 0.3) is 5.91 Å². The Labute approximate surface area is 164 Å². The van der Waals surface area contributed by atoms with E-state index in [1.54, 1.807) is 22.7 Å². The van der Waals surface area contributed by atoms with E-state index < -0.39 is 0 Å². The molecule has 1 aliphatic heterocycles. The minimum atomic E-state index is -0.344. The lowest BCUT2D eigenvalue weighted by atomic mass is 10.1. The minimum Gasteiger partial charge on any atom is -0.466 e. The van der Waals surface area contributed by atoms with E-state index in [1.165, 1.54) is 5.56 Å². The molecular formula is C20H26N4O4. The lowest BCUT2D eigenvalue weighted by molar-refractivity contribution is -0.145. The molecule has 8 heteroatoms. The second-order valence-corrected chi connectivity index (χ2v) is 6.69. The first-order chi connectivity index (χ1) is 13.7. The molecule has 1 aliphatic rings. The van der Waals surface area contributed by atoms with Gasteiger partial charge in [0, 0.05) is 13.1 Å². The van der Waals surface area contributed by atoms with Gasteiger partial charge in [0.15, 0.2) is 5.69 Å². The van der Waals surface area contributed by atoms with Crippen molar-refractivity contribution >= 4 is 11.9 Å². The van der Waals surface area contributed by atoms with Crippen LogP contribution in [0.2, 0.25) is 0 Å². The van der Waals surface area contributed by atoms with Crippen molar-refractivity contribution in [2.45, 2.75) is 38.8 Å². The molecule has 1 atom stereocenters. The van der Waals surface area contributed by atoms with Gasteiger partial charge in [-0.1, -0.05) is 35.5 Å². The summed E-state index contributed by atoms with van der Waals surface area (Å²) in [6.07, 6.45) is 3.63. The third kappa shape index (κ3) is 5.39. The zero-order valence-corrected chi connectivity index (χ0v) is 16.1. The van der Waals surface area contributed by atoms with Gasteiger partial charge in [-0.15, -0.1) is 5.10 Å². The quantitative estimate of drug-likeness (QED) is 0.642. The average molecular weight is 386 g/mol. The van der Waals surface area contributed by atoms with Crippen LogP contribution in [0, 0.1) is 0 Å². The number of nitrogens with zero attached hydrogens (tertiary/aromatic N) is 4. The number of aryl methyl sites for hydroxylation is 2. The second-order valence-electron chi connectivity index (χ2n) is 6.69. The molecule has 0 bridgehead atoms. The molecule has 150 valence electrons. The normalized spacial score (nSPS) is 16.8. The van der Waals surface area contributed by atoms with Crippen molar-refractivity contribution < 1.29 is 19.1 Å². The van der Waals surface area contributed by atoms with Gasteiger partial charge in [-0.2, -0.15) is 0 Å². The van der Waals surface area contributed by atoms with E-state index in [9.17, 15) is 9.59 Å². The molecule has 0 spiro atoms. The highest BCUT2D eigenvalue weighted by Gasteiger charge is 2.31. The molecule has 28 heavy (non-hydrogen) atoms. The lowest BCUT2D eigenvalue weighted by Crippen LogP contribution is -2.49. The molecule has 2 aromatic rings. The van der Waals surface area contributed by atoms with Crippen molar-refractivity contribution in [2.75, 3.05) is 26.4 Å². The van der Waals surface area contributed by atoms with Crippen molar-refractivity contribution in [3.05, 3.63) is 47.8 Å². The maximum Gasteiger partial charge on any atom is 0.307 e. The van der Waals surface area contributed by atoms with Crippen LogP contribution in [-0.4, -0.2) is 64.2 Å². The molecule has 0 saturated carbocycles. The minimum absolute atomic E-state index is 0.116. The van der Waals surface area contributed by atoms with E-state index in [0.717, 1.165) is 12.8 Å². The molecule has 8 nitrogen and oxygen atoms in total. The van der Waals surface area contributed by atoms with Crippen molar-refractivity contribution in [1.29, 1.82) is 0 Å². The van der Waals surface area contributed by atoms with Crippen LogP contribution in [0.1, 0.15) is 35.8 Å². The van der Waals surface area contributed by atoms with Gasteiger partial charge < -0.3 is 14.4 Å². The fourth-order valence-corrected chi connectivity index (χ4v) is 3.25. The number of amides is 1. The SMILES string of the molecule is CCOC(=O)C[C@@H]1COCCN1C(=O)c1cn(CCCc2ccccc2)nn1. The van der Waals surface area contributed by atoms with Gasteiger partial charge in [0.1, 0.15) is 0 Å². The van der Waals surface area contributed by atoms with E-state index in [1.807, 2.05) is 18.2 Å². The van der Waals surface area contributed by atoms with Gasteiger partial charge in [-0.05, 0) is 25.3 Å². The summed E-state index contributed by atoms with van der Waals surface area (Å²) in [5, 5.41) is 8.11. The van der Waals surface area contributed by atoms with E-state index >= 15 is 0 Å². The third-order valence-electron chi connectivity index (χ3n) is 4.65. The second kappa shape index (κ2) is 9.98. The van der Waals surface area contributed by atoms with Gasteiger partial charge in [-0.25, -0.2) is 0 Å². The maximum atomic E-state index is 12.9. The van der Waals surface area contributed by atoms with Crippen LogP contribution < -0.4 is 0 Å². The van der Waals surface area contributed by atoms with Crippen molar-refractivity contribution in [1.82, 2.24) is 19.9 Å². The molecule has 0 unspecified atom stereocenters. The fourth-order valence-electron chi connectivity index (χ4n) is 3.25. The Kier molecular flexibility index (Phi) is 7.13. The number of aromatic nitrogens is 3. The summed E-state index contributed by atoms with van der Waals surface area (Å²) >= 11 is 0. The van der Waals surface area contributed by atoms with Crippen LogP contribution in [0.4, 0.5) is 0 Å². The Balaban J connectivity index is 1.56. The van der Waals surface area contributed by atoms with Gasteiger partial charge in [0.2, 0.25) is 0 Å². The topological polar surface area (TPSA) is 86.5 Å². The molecule has 0 N–H and O–H groups in total. The maximum absolute atomic E-state index is 12.9. The Morgan fingerprint density at radius 1 is 1.29 bits per heavy atom. The van der Waals surface area contributed by atoms with Crippen LogP contribution in [0.25, 0.3) is 0 Å². The number of carbonyl (C=O) groups is 2. The highest BCUT2D eigenvalue weighted by molar-refractivity contribution is 5.92. The van der Waals surface area contributed by atoms with Crippen LogP contribution >= 0.6 is 0 Å². The van der Waals surface area contributed by atoms with Crippen molar-refractivity contribution in [2.24, 2.45) is 0 Å². The van der Waals surface area contributed by atoms with Crippen LogP contribution in [-0.2, 0) is 27.2 Å². The number of rotatable bonds is 8. The Morgan fingerprint density at radius 3 is 2.89 bits per heavy atom. The van der Waals surface area contributed by atoms with Crippen LogP contribution in [0.15, 0.2) is 36.5 Å². The number of carbonyl (C=O) groups excluding carboxylic acids is 2. The zero-order chi connectivity index (χ0) is 19.8. The van der Waals surface area contributed by atoms with Crippen molar-refractivity contribution in [3.8, 4) is 0 Å². The summed E-state index contributed by atoms with van der Waals surface area (Å²) in [5.41, 5.74) is 1.56. The summed E-state index contributed by atoms with van der Waals surface area (Å²) in [4.78, 5) is 26.3. The Hall–Kier alpha value is -2.74. The predicted octanol–water partition coefficient (Wildman–Crippen LogP) is 1.71. The van der Waals surface area contributed by atoms with Gasteiger partial charge in [0.05, 0.1) is 38.5 Å². The molecule has 1 saturated heterocycles. The molecular weight excluding hydrogens is 360 g/mol. The third-order valence-corrected chi connectivity index (χ3v) is 4.65. The summed E-state index contributed by atoms with van der Waals surface area (Å²) in [7, 11) is 0. The zero-order valence-electron chi connectivity index (χ0n) is 16.1. The first-order valence-corrected chi connectivity index (χ1v) is 9.65. The summed E-state index contributed by atoms with van der Waals surface area (Å²) < 4.78 is 12.1. The molecule has 0 aliphatic carbocycles. The number of hydrogen-bond acceptors (Lipinski definition) is 6. The first-order valence-electron chi connectivity index (χ1n) is 9.65. The Morgan fingerprint density at radius 2 is 2.11 bits per heavy atom. The van der Waals surface area contributed by atoms with E-state index in [4.69, 9.17) is 9.47 Å². The monoisotopic (exact) mass is 386 g/mol. The highest BCUT2D eigenvalue weighted by Crippen LogP contribution is 2.15. The molecule has 1 aromatic heterocycles. The number of esters is 1. The number of benzene rings is 1. The van der Waals surface area contributed by atoms with Crippen molar-refractivity contribution in [3.63, 3.8) is 0 Å². The number of hydrogen-bond donors (Lipinski definition) is 0. The molecule has 1 fully saturated rings. The first kappa shape index (κ1) is 20.0. The fraction of sp³-hybridized carbons (Fsp3) is 0.500.